The van der Waals surface area contributed by atoms with Gasteiger partial charge >= 0.3 is 18.0 Å². The van der Waals surface area contributed by atoms with Crippen LogP contribution in [-0.4, -0.2) is 67.6 Å². The van der Waals surface area contributed by atoms with E-state index in [0.29, 0.717) is 36.9 Å². The van der Waals surface area contributed by atoms with Crippen molar-refractivity contribution in [1.82, 2.24) is 0 Å². The minimum atomic E-state index is -1.40. The summed E-state index contributed by atoms with van der Waals surface area (Å²) in [6, 6.07) is 27.2. The number of aliphatic hydroxyl groups excluding tert-OH is 1. The summed E-state index contributed by atoms with van der Waals surface area (Å²) in [5, 5.41) is 22.0. The first-order valence-corrected chi connectivity index (χ1v) is 15.8. The fourth-order valence-electron chi connectivity index (χ4n) is 5.82. The molecular formula is C37H38N2O9. The quantitative estimate of drug-likeness (QED) is 0.198. The van der Waals surface area contributed by atoms with E-state index in [2.05, 4.69) is 5.32 Å². The van der Waals surface area contributed by atoms with Gasteiger partial charge in [0.05, 0.1) is 30.1 Å². The number of ether oxygens (including phenoxy) is 5. The van der Waals surface area contributed by atoms with Crippen molar-refractivity contribution in [3.63, 3.8) is 0 Å². The molecule has 2 heterocycles. The van der Waals surface area contributed by atoms with Crippen molar-refractivity contribution in [2.24, 2.45) is 11.8 Å². The van der Waals surface area contributed by atoms with E-state index in [1.54, 1.807) is 0 Å². The maximum absolute atomic E-state index is 13.9. The highest BCUT2D eigenvalue weighted by Crippen LogP contribution is 2.32. The van der Waals surface area contributed by atoms with E-state index < -0.39 is 67.2 Å². The SMILES string of the molecule is CO[C@H]1O[C@H](CO)[C@H](OC(=O)Nc2ccc(C#N)cc2)[C@@H]2OC(=O)[C@H](Cc3ccccc3)CC=CC[C@@H](Cc3ccccc3)C(=O)O[C@@H]12. The van der Waals surface area contributed by atoms with Gasteiger partial charge in [0.15, 0.2) is 24.6 Å². The zero-order valence-corrected chi connectivity index (χ0v) is 26.5. The Kier molecular flexibility index (Phi) is 11.9. The van der Waals surface area contributed by atoms with Crippen molar-refractivity contribution in [2.45, 2.75) is 56.4 Å². The molecule has 1 fully saturated rings. The molecule has 2 N–H and O–H groups in total. The molecule has 2 aliphatic heterocycles. The molecule has 0 aromatic heterocycles. The molecule has 0 bridgehead atoms. The highest BCUT2D eigenvalue weighted by molar-refractivity contribution is 5.85. The second-order valence-corrected chi connectivity index (χ2v) is 11.7. The first kappa shape index (κ1) is 34.3. The molecule has 250 valence electrons. The fourth-order valence-corrected chi connectivity index (χ4v) is 5.82. The van der Waals surface area contributed by atoms with Crippen molar-refractivity contribution in [3.8, 4) is 6.07 Å². The van der Waals surface area contributed by atoms with Crippen LogP contribution in [0, 0.1) is 23.2 Å². The number of benzene rings is 3. The van der Waals surface area contributed by atoms with Crippen LogP contribution in [0.25, 0.3) is 0 Å². The maximum Gasteiger partial charge on any atom is 0.412 e. The number of amides is 1. The first-order chi connectivity index (χ1) is 23.4. The summed E-state index contributed by atoms with van der Waals surface area (Å²) in [6.07, 6.45) is -2.35. The van der Waals surface area contributed by atoms with Gasteiger partial charge in [-0.05, 0) is 61.1 Å². The van der Waals surface area contributed by atoms with Crippen LogP contribution in [0.4, 0.5) is 10.5 Å². The minimum absolute atomic E-state index is 0.330. The molecule has 11 nitrogen and oxygen atoms in total. The van der Waals surface area contributed by atoms with E-state index in [-0.39, 0.29) is 0 Å². The summed E-state index contributed by atoms with van der Waals surface area (Å²) in [6.45, 7) is -0.629. The molecule has 2 aliphatic rings. The van der Waals surface area contributed by atoms with Crippen molar-refractivity contribution in [1.29, 1.82) is 5.26 Å². The number of carbonyl (C=O) groups is 3. The predicted octanol–water partition coefficient (Wildman–Crippen LogP) is 4.73. The summed E-state index contributed by atoms with van der Waals surface area (Å²) in [7, 11) is 1.34. The van der Waals surface area contributed by atoms with Gasteiger partial charge in [-0.3, -0.25) is 14.9 Å². The lowest BCUT2D eigenvalue weighted by molar-refractivity contribution is -0.300. The van der Waals surface area contributed by atoms with Gasteiger partial charge in [0.2, 0.25) is 0 Å². The average Bonchev–Trinajstić information content (AvgIpc) is 3.11. The Bertz CT molecular complexity index is 1590. The van der Waals surface area contributed by atoms with Gasteiger partial charge < -0.3 is 28.8 Å². The summed E-state index contributed by atoms with van der Waals surface area (Å²) in [5.74, 6) is -2.41. The van der Waals surface area contributed by atoms with Gasteiger partial charge in [-0.1, -0.05) is 72.8 Å². The van der Waals surface area contributed by atoms with E-state index in [4.69, 9.17) is 28.9 Å². The second kappa shape index (κ2) is 16.7. The van der Waals surface area contributed by atoms with Crippen LogP contribution in [0.15, 0.2) is 97.1 Å². The van der Waals surface area contributed by atoms with Gasteiger partial charge in [-0.25, -0.2) is 4.79 Å². The lowest BCUT2D eigenvalue weighted by atomic mass is 9.92. The molecule has 1 amide bonds. The minimum Gasteiger partial charge on any atom is -0.454 e. The predicted molar refractivity (Wildman–Crippen MR) is 173 cm³/mol. The molecule has 0 unspecified atom stereocenters. The lowest BCUT2D eigenvalue weighted by Gasteiger charge is -2.44. The molecule has 11 heteroatoms. The Morgan fingerprint density at radius 3 is 1.90 bits per heavy atom. The summed E-state index contributed by atoms with van der Waals surface area (Å²) >= 11 is 0. The lowest BCUT2D eigenvalue weighted by Crippen LogP contribution is -2.63. The smallest absolute Gasteiger partial charge is 0.412 e. The van der Waals surface area contributed by atoms with Crippen LogP contribution < -0.4 is 5.32 Å². The van der Waals surface area contributed by atoms with Crippen LogP contribution >= 0.6 is 0 Å². The number of allylic oxidation sites excluding steroid dienone is 2. The molecule has 0 spiro atoms. The van der Waals surface area contributed by atoms with Crippen molar-refractivity contribution in [3.05, 3.63) is 114 Å². The topological polar surface area (TPSA) is 153 Å². The number of fused-ring (bicyclic) bond motifs is 1. The fraction of sp³-hybridized carbons (Fsp3) is 0.351. The highest BCUT2D eigenvalue weighted by Gasteiger charge is 2.53. The van der Waals surface area contributed by atoms with Gasteiger partial charge in [0.1, 0.15) is 6.10 Å². The summed E-state index contributed by atoms with van der Waals surface area (Å²) in [5.41, 5.74) is 2.60. The van der Waals surface area contributed by atoms with Crippen molar-refractivity contribution < 1.29 is 43.2 Å². The number of nitrogens with one attached hydrogen (secondary N) is 1. The molecule has 0 radical (unpaired) electrons. The number of hydrogen-bond acceptors (Lipinski definition) is 10. The van der Waals surface area contributed by atoms with Gasteiger partial charge in [0.25, 0.3) is 0 Å². The Morgan fingerprint density at radius 1 is 0.854 bits per heavy atom. The van der Waals surface area contributed by atoms with Gasteiger partial charge in [-0.2, -0.15) is 5.26 Å². The Balaban J connectivity index is 1.48. The number of esters is 2. The molecular weight excluding hydrogens is 616 g/mol. The third kappa shape index (κ3) is 8.86. The molecule has 48 heavy (non-hydrogen) atoms. The van der Waals surface area contributed by atoms with Crippen LogP contribution in [-0.2, 0) is 46.1 Å². The van der Waals surface area contributed by atoms with E-state index in [1.807, 2.05) is 78.9 Å². The molecule has 5 rings (SSSR count). The monoisotopic (exact) mass is 654 g/mol. The zero-order chi connectivity index (χ0) is 33.9. The molecule has 0 aliphatic carbocycles. The first-order valence-electron chi connectivity index (χ1n) is 15.8. The second-order valence-electron chi connectivity index (χ2n) is 11.7. The average molecular weight is 655 g/mol. The van der Waals surface area contributed by atoms with E-state index >= 15 is 0 Å². The van der Waals surface area contributed by atoms with Crippen molar-refractivity contribution >= 4 is 23.7 Å². The number of methoxy groups -OCH3 is 1. The standard InChI is InChI=1S/C37H38N2O9/c1-44-36-33-32(31(30(23-40)45-36)48-37(43)39-29-18-16-26(22-38)17-19-29)46-34(41)27(20-24-10-4-2-5-11-24)14-8-9-15-28(35(42)47-33)21-25-12-6-3-7-13-25/h2-13,16-19,27-28,30-33,36,40H,14-15,20-21,23H2,1H3,(H,39,43)/t27-,28-,30+,31-,32-,33+,36-/m0/s1. The van der Waals surface area contributed by atoms with E-state index in [9.17, 15) is 19.5 Å². The number of anilines is 1. The summed E-state index contributed by atoms with van der Waals surface area (Å²) < 4.78 is 29.4. The number of nitrogens with zero attached hydrogens (tertiary/aromatic N) is 1. The third-order valence-corrected chi connectivity index (χ3v) is 8.34. The van der Waals surface area contributed by atoms with Gasteiger partial charge in [0, 0.05) is 12.8 Å². The van der Waals surface area contributed by atoms with Crippen LogP contribution in [0.5, 0.6) is 0 Å². The largest absolute Gasteiger partial charge is 0.454 e. The number of rotatable bonds is 8. The molecule has 3 aromatic carbocycles. The molecule has 1 saturated heterocycles. The maximum atomic E-state index is 13.9. The van der Waals surface area contributed by atoms with E-state index in [1.165, 1.54) is 31.4 Å². The Labute approximate surface area is 279 Å². The summed E-state index contributed by atoms with van der Waals surface area (Å²) in [4.78, 5) is 40.9. The van der Waals surface area contributed by atoms with Gasteiger partial charge in [-0.15, -0.1) is 0 Å². The van der Waals surface area contributed by atoms with Crippen molar-refractivity contribution in [2.75, 3.05) is 19.0 Å². The Morgan fingerprint density at radius 2 is 1.40 bits per heavy atom. The van der Waals surface area contributed by atoms with Crippen LogP contribution in [0.3, 0.4) is 0 Å². The number of aliphatic hydroxyl groups is 1. The normalized spacial score (nSPS) is 26.0. The molecule has 3 aromatic rings. The number of carbonyl (C=O) groups excluding carboxylic acids is 3. The molecule has 7 atom stereocenters. The third-order valence-electron chi connectivity index (χ3n) is 8.34. The van der Waals surface area contributed by atoms with Crippen LogP contribution in [0.2, 0.25) is 0 Å². The number of hydrogen-bond donors (Lipinski definition) is 2. The zero-order valence-electron chi connectivity index (χ0n) is 26.5. The number of nitriles is 1. The highest BCUT2D eigenvalue weighted by atomic mass is 16.7. The van der Waals surface area contributed by atoms with E-state index in [0.717, 1.165) is 11.1 Å². The Hall–Kier alpha value is -5.02. The molecule has 0 saturated carbocycles. The van der Waals surface area contributed by atoms with Crippen LogP contribution in [0.1, 0.15) is 29.5 Å².